The number of hydrogen-bond acceptors (Lipinski definition) is 4. The summed E-state index contributed by atoms with van der Waals surface area (Å²) >= 11 is 0. The molecule has 16 heavy (non-hydrogen) atoms. The van der Waals surface area contributed by atoms with Crippen LogP contribution in [0.1, 0.15) is 15.9 Å². The van der Waals surface area contributed by atoms with E-state index in [-0.39, 0.29) is 5.97 Å². The number of esters is 1. The van der Waals surface area contributed by atoms with Crippen molar-refractivity contribution in [2.24, 2.45) is 0 Å². The summed E-state index contributed by atoms with van der Waals surface area (Å²) in [4.78, 5) is 11.3. The molecule has 1 aromatic rings. The van der Waals surface area contributed by atoms with Crippen LogP contribution >= 0.6 is 0 Å². The van der Waals surface area contributed by atoms with Crippen LogP contribution in [-0.2, 0) is 4.74 Å². The normalized spacial score (nSPS) is 9.94. The molecule has 4 heteroatoms. The van der Waals surface area contributed by atoms with Crippen molar-refractivity contribution in [3.05, 3.63) is 29.3 Å². The van der Waals surface area contributed by atoms with Gasteiger partial charge in [-0.25, -0.2) is 4.79 Å². The van der Waals surface area contributed by atoms with Crippen molar-refractivity contribution in [2.45, 2.75) is 6.92 Å². The minimum absolute atomic E-state index is 0.309. The van der Waals surface area contributed by atoms with Crippen molar-refractivity contribution in [3.63, 3.8) is 0 Å². The summed E-state index contributed by atoms with van der Waals surface area (Å²) < 4.78 is 4.68. The van der Waals surface area contributed by atoms with Gasteiger partial charge >= 0.3 is 5.97 Å². The Labute approximate surface area is 96.0 Å². The van der Waals surface area contributed by atoms with Gasteiger partial charge in [0.1, 0.15) is 0 Å². The maximum atomic E-state index is 11.3. The number of hydrogen-bond donors (Lipinski definition) is 2. The van der Waals surface area contributed by atoms with Crippen LogP contribution in [0, 0.1) is 6.92 Å². The minimum Gasteiger partial charge on any atom is -0.465 e. The Kier molecular flexibility index (Phi) is 4.79. The quantitative estimate of drug-likeness (QED) is 0.584. The van der Waals surface area contributed by atoms with E-state index in [0.29, 0.717) is 5.56 Å². The Hall–Kier alpha value is -1.55. The van der Waals surface area contributed by atoms with E-state index < -0.39 is 0 Å². The summed E-state index contributed by atoms with van der Waals surface area (Å²) in [6.07, 6.45) is 0. The molecular weight excluding hydrogens is 204 g/mol. The molecule has 2 N–H and O–H groups in total. The van der Waals surface area contributed by atoms with Crippen LogP contribution in [0.25, 0.3) is 0 Å². The molecule has 0 heterocycles. The topological polar surface area (TPSA) is 50.4 Å². The maximum Gasteiger partial charge on any atom is 0.337 e. The third-order valence-corrected chi connectivity index (χ3v) is 2.35. The molecule has 1 aromatic carbocycles. The smallest absolute Gasteiger partial charge is 0.337 e. The van der Waals surface area contributed by atoms with Gasteiger partial charge in [0, 0.05) is 18.8 Å². The highest BCUT2D eigenvalue weighted by molar-refractivity contribution is 5.90. The number of carbonyl (C=O) groups excluding carboxylic acids is 1. The molecule has 0 amide bonds. The van der Waals surface area contributed by atoms with E-state index >= 15 is 0 Å². The highest BCUT2D eigenvalue weighted by atomic mass is 16.5. The predicted molar refractivity (Wildman–Crippen MR) is 64.9 cm³/mol. The molecule has 0 aliphatic rings. The molecule has 0 saturated heterocycles. The van der Waals surface area contributed by atoms with Gasteiger partial charge in [-0.1, -0.05) is 6.07 Å². The zero-order valence-electron chi connectivity index (χ0n) is 9.96. The second kappa shape index (κ2) is 6.12. The fourth-order valence-corrected chi connectivity index (χ4v) is 1.38. The lowest BCUT2D eigenvalue weighted by Crippen LogP contribution is -2.18. The van der Waals surface area contributed by atoms with E-state index in [0.717, 1.165) is 24.3 Å². The lowest BCUT2D eigenvalue weighted by atomic mass is 10.1. The van der Waals surface area contributed by atoms with E-state index in [2.05, 4.69) is 15.4 Å². The Morgan fingerprint density at radius 3 is 2.75 bits per heavy atom. The Morgan fingerprint density at radius 2 is 2.12 bits per heavy atom. The zero-order valence-corrected chi connectivity index (χ0v) is 9.96. The van der Waals surface area contributed by atoms with E-state index in [1.807, 2.05) is 26.1 Å². The van der Waals surface area contributed by atoms with Gasteiger partial charge in [-0.15, -0.1) is 0 Å². The van der Waals surface area contributed by atoms with Gasteiger partial charge in [0.05, 0.1) is 12.7 Å². The standard InChI is InChI=1S/C12H18N2O2/c1-9-4-5-10(12(15)16-3)8-11(9)14-7-6-13-2/h4-5,8,13-14H,6-7H2,1-3H3. The second-order valence-corrected chi connectivity index (χ2v) is 3.55. The number of likely N-dealkylation sites (N-methyl/N-ethyl adjacent to an activating group) is 1. The van der Waals surface area contributed by atoms with Crippen molar-refractivity contribution in [3.8, 4) is 0 Å². The molecule has 0 aliphatic heterocycles. The van der Waals surface area contributed by atoms with Crippen LogP contribution in [-0.4, -0.2) is 33.2 Å². The molecule has 4 nitrogen and oxygen atoms in total. The zero-order chi connectivity index (χ0) is 12.0. The molecule has 0 saturated carbocycles. The van der Waals surface area contributed by atoms with Gasteiger partial charge in [-0.2, -0.15) is 0 Å². The van der Waals surface area contributed by atoms with E-state index in [1.165, 1.54) is 7.11 Å². The Morgan fingerprint density at radius 1 is 1.38 bits per heavy atom. The fraction of sp³-hybridized carbons (Fsp3) is 0.417. The first kappa shape index (κ1) is 12.5. The molecule has 0 spiro atoms. The molecule has 0 bridgehead atoms. The maximum absolute atomic E-state index is 11.3. The number of benzene rings is 1. The van der Waals surface area contributed by atoms with Crippen LogP contribution in [0.4, 0.5) is 5.69 Å². The highest BCUT2D eigenvalue weighted by Crippen LogP contribution is 2.17. The average molecular weight is 222 g/mol. The number of carbonyl (C=O) groups is 1. The summed E-state index contributed by atoms with van der Waals surface area (Å²) in [6, 6.07) is 5.50. The van der Waals surface area contributed by atoms with Gasteiger partial charge in [-0.05, 0) is 31.7 Å². The van der Waals surface area contributed by atoms with Gasteiger partial charge in [-0.3, -0.25) is 0 Å². The van der Waals surface area contributed by atoms with Crippen molar-refractivity contribution in [1.29, 1.82) is 0 Å². The monoisotopic (exact) mass is 222 g/mol. The van der Waals surface area contributed by atoms with Crippen molar-refractivity contribution in [1.82, 2.24) is 5.32 Å². The van der Waals surface area contributed by atoms with Gasteiger partial charge in [0.25, 0.3) is 0 Å². The first-order chi connectivity index (χ1) is 7.69. The van der Waals surface area contributed by atoms with E-state index in [1.54, 1.807) is 6.07 Å². The molecule has 0 unspecified atom stereocenters. The molecule has 0 aliphatic carbocycles. The summed E-state index contributed by atoms with van der Waals surface area (Å²) in [6.45, 7) is 3.70. The molecule has 0 atom stereocenters. The number of nitrogens with one attached hydrogen (secondary N) is 2. The predicted octanol–water partition coefficient (Wildman–Crippen LogP) is 1.41. The molecular formula is C12H18N2O2. The number of aryl methyl sites for hydroxylation is 1. The lowest BCUT2D eigenvalue weighted by molar-refractivity contribution is 0.0601. The van der Waals surface area contributed by atoms with Gasteiger partial charge in [0.15, 0.2) is 0 Å². The number of anilines is 1. The largest absolute Gasteiger partial charge is 0.465 e. The third-order valence-electron chi connectivity index (χ3n) is 2.35. The van der Waals surface area contributed by atoms with Crippen LogP contribution in [0.3, 0.4) is 0 Å². The number of ether oxygens (including phenoxy) is 1. The van der Waals surface area contributed by atoms with E-state index in [4.69, 9.17) is 0 Å². The Balaban J connectivity index is 2.78. The summed E-state index contributed by atoms with van der Waals surface area (Å²) in [7, 11) is 3.29. The third kappa shape index (κ3) is 3.24. The van der Waals surface area contributed by atoms with Gasteiger partial charge in [0.2, 0.25) is 0 Å². The fourth-order valence-electron chi connectivity index (χ4n) is 1.38. The second-order valence-electron chi connectivity index (χ2n) is 3.55. The molecule has 0 fully saturated rings. The molecule has 0 radical (unpaired) electrons. The van der Waals surface area contributed by atoms with Crippen molar-refractivity contribution < 1.29 is 9.53 Å². The van der Waals surface area contributed by atoms with Crippen LogP contribution < -0.4 is 10.6 Å². The lowest BCUT2D eigenvalue weighted by Gasteiger charge is -2.10. The number of rotatable bonds is 5. The van der Waals surface area contributed by atoms with Crippen LogP contribution in [0.5, 0.6) is 0 Å². The van der Waals surface area contributed by atoms with Crippen molar-refractivity contribution in [2.75, 3.05) is 32.6 Å². The van der Waals surface area contributed by atoms with Gasteiger partial charge < -0.3 is 15.4 Å². The van der Waals surface area contributed by atoms with Crippen LogP contribution in [0.2, 0.25) is 0 Å². The number of methoxy groups -OCH3 is 1. The van der Waals surface area contributed by atoms with E-state index in [9.17, 15) is 4.79 Å². The highest BCUT2D eigenvalue weighted by Gasteiger charge is 2.07. The molecule has 88 valence electrons. The summed E-state index contributed by atoms with van der Waals surface area (Å²) in [5.41, 5.74) is 2.65. The average Bonchev–Trinajstić information content (AvgIpc) is 2.31. The van der Waals surface area contributed by atoms with Crippen molar-refractivity contribution >= 4 is 11.7 Å². The van der Waals surface area contributed by atoms with Crippen LogP contribution in [0.15, 0.2) is 18.2 Å². The first-order valence-corrected chi connectivity index (χ1v) is 5.26. The summed E-state index contributed by atoms with van der Waals surface area (Å²) in [5, 5.41) is 6.31. The summed E-state index contributed by atoms with van der Waals surface area (Å²) in [5.74, 6) is -0.309. The minimum atomic E-state index is -0.309. The molecule has 1 rings (SSSR count). The Bertz CT molecular complexity index is 364. The molecule has 0 aromatic heterocycles. The first-order valence-electron chi connectivity index (χ1n) is 5.26. The SMILES string of the molecule is CNCCNc1cc(C(=O)OC)ccc1C.